The van der Waals surface area contributed by atoms with E-state index in [0.717, 1.165) is 0 Å². The van der Waals surface area contributed by atoms with Gasteiger partial charge in [0.25, 0.3) is 0 Å². The molecule has 120 valence electrons. The maximum atomic E-state index is 12.1. The summed E-state index contributed by atoms with van der Waals surface area (Å²) in [6, 6.07) is 8.75. The highest BCUT2D eigenvalue weighted by Crippen LogP contribution is 2.22. The number of ether oxygens (including phenoxy) is 2. The fraction of sp³-hybridized carbons (Fsp3) is 0.353. The molecule has 0 saturated carbocycles. The van der Waals surface area contributed by atoms with Crippen molar-refractivity contribution >= 4 is 5.97 Å². The Labute approximate surface area is 134 Å². The first-order valence-corrected chi connectivity index (χ1v) is 7.29. The van der Waals surface area contributed by atoms with Crippen LogP contribution in [0.5, 0.6) is 5.75 Å². The highest BCUT2D eigenvalue weighted by molar-refractivity contribution is 5.91. The smallest absolute Gasteiger partial charge is 0.343 e. The van der Waals surface area contributed by atoms with E-state index in [4.69, 9.17) is 19.3 Å². The van der Waals surface area contributed by atoms with Gasteiger partial charge in [-0.1, -0.05) is 19.0 Å². The molecule has 2 rings (SSSR count). The summed E-state index contributed by atoms with van der Waals surface area (Å²) < 4.78 is 15.8. The molecule has 0 radical (unpaired) electrons. The molecule has 1 aromatic carbocycles. The second-order valence-electron chi connectivity index (χ2n) is 5.28. The first kappa shape index (κ1) is 16.6. The van der Waals surface area contributed by atoms with Crippen LogP contribution in [0.2, 0.25) is 0 Å². The minimum atomic E-state index is -0.462. The van der Waals surface area contributed by atoms with Crippen molar-refractivity contribution in [1.29, 1.82) is 5.26 Å². The summed E-state index contributed by atoms with van der Waals surface area (Å²) in [5.74, 6) is 0.731. The second kappa shape index (κ2) is 7.45. The molecule has 6 heteroatoms. The van der Waals surface area contributed by atoms with Gasteiger partial charge in [0.05, 0.1) is 17.3 Å². The summed E-state index contributed by atoms with van der Waals surface area (Å²) in [5, 5.41) is 12.5. The molecule has 6 nitrogen and oxygen atoms in total. The summed E-state index contributed by atoms with van der Waals surface area (Å²) in [5.41, 5.74) is 1.47. The number of aromatic nitrogens is 1. The third-order valence-corrected chi connectivity index (χ3v) is 3.19. The maximum Gasteiger partial charge on any atom is 0.343 e. The predicted octanol–water partition coefficient (Wildman–Crippen LogP) is 3.21. The fourth-order valence-corrected chi connectivity index (χ4v) is 2.02. The number of carbonyl (C=O) groups excluding carboxylic acids is 1. The Bertz CT molecular complexity index is 711. The number of esters is 1. The first-order valence-electron chi connectivity index (χ1n) is 7.29. The third-order valence-electron chi connectivity index (χ3n) is 3.19. The van der Waals surface area contributed by atoms with Gasteiger partial charge in [0.1, 0.15) is 24.5 Å². The molecule has 0 aliphatic rings. The monoisotopic (exact) mass is 314 g/mol. The van der Waals surface area contributed by atoms with Gasteiger partial charge in [0.15, 0.2) is 5.76 Å². The van der Waals surface area contributed by atoms with Gasteiger partial charge in [-0.2, -0.15) is 5.26 Å². The van der Waals surface area contributed by atoms with Crippen LogP contribution in [0.4, 0.5) is 0 Å². The molecule has 2 aromatic rings. The van der Waals surface area contributed by atoms with Crippen molar-refractivity contribution in [2.45, 2.75) is 26.7 Å². The van der Waals surface area contributed by atoms with E-state index < -0.39 is 5.97 Å². The molecule has 0 bridgehead atoms. The van der Waals surface area contributed by atoms with E-state index in [0.29, 0.717) is 28.3 Å². The fourth-order valence-electron chi connectivity index (χ4n) is 2.02. The van der Waals surface area contributed by atoms with Gasteiger partial charge in [0.2, 0.25) is 0 Å². The summed E-state index contributed by atoms with van der Waals surface area (Å²) in [6.07, 6.45) is 0. The van der Waals surface area contributed by atoms with Crippen molar-refractivity contribution in [3.63, 3.8) is 0 Å². The average Bonchev–Trinajstić information content (AvgIpc) is 2.94. The van der Waals surface area contributed by atoms with E-state index in [1.165, 1.54) is 0 Å². The number of aryl methyl sites for hydroxylation is 1. The lowest BCUT2D eigenvalue weighted by atomic mass is 10.1. The van der Waals surface area contributed by atoms with Crippen LogP contribution in [-0.2, 0) is 4.74 Å². The Morgan fingerprint density at radius 2 is 2.00 bits per heavy atom. The van der Waals surface area contributed by atoms with Crippen LogP contribution in [0.25, 0.3) is 0 Å². The molecule has 0 spiro atoms. The van der Waals surface area contributed by atoms with E-state index in [-0.39, 0.29) is 19.1 Å². The second-order valence-corrected chi connectivity index (χ2v) is 5.28. The molecule has 0 atom stereocenters. The summed E-state index contributed by atoms with van der Waals surface area (Å²) >= 11 is 0. The van der Waals surface area contributed by atoms with E-state index in [1.54, 1.807) is 31.2 Å². The lowest BCUT2D eigenvalue weighted by molar-refractivity contribution is 0.0446. The van der Waals surface area contributed by atoms with E-state index in [9.17, 15) is 4.79 Å². The normalized spacial score (nSPS) is 10.4. The number of rotatable bonds is 6. The molecule has 0 amide bonds. The lowest BCUT2D eigenvalue weighted by Gasteiger charge is -2.08. The highest BCUT2D eigenvalue weighted by Gasteiger charge is 2.23. The lowest BCUT2D eigenvalue weighted by Crippen LogP contribution is -2.14. The average molecular weight is 314 g/mol. The van der Waals surface area contributed by atoms with Gasteiger partial charge in [-0.3, -0.25) is 0 Å². The summed E-state index contributed by atoms with van der Waals surface area (Å²) in [6.45, 7) is 5.88. The maximum absolute atomic E-state index is 12.1. The molecule has 0 saturated heterocycles. The molecule has 1 heterocycles. The zero-order chi connectivity index (χ0) is 16.8. The molecule has 0 unspecified atom stereocenters. The van der Waals surface area contributed by atoms with E-state index in [1.807, 2.05) is 19.9 Å². The van der Waals surface area contributed by atoms with E-state index >= 15 is 0 Å². The molecule has 0 N–H and O–H groups in total. The zero-order valence-corrected chi connectivity index (χ0v) is 13.3. The van der Waals surface area contributed by atoms with Crippen LogP contribution >= 0.6 is 0 Å². The zero-order valence-electron chi connectivity index (χ0n) is 13.3. The van der Waals surface area contributed by atoms with Crippen LogP contribution in [0.15, 0.2) is 28.8 Å². The highest BCUT2D eigenvalue weighted by atomic mass is 16.6. The molecule has 23 heavy (non-hydrogen) atoms. The standard InChI is InChI=1S/C17H18N2O4/c1-11(2)16-15(12(3)19-23-16)17(20)22-9-8-21-14-6-4-13(10-18)5-7-14/h4-7,11H,8-9H2,1-3H3. The number of nitrogens with zero attached hydrogens (tertiary/aromatic N) is 2. The van der Waals surface area contributed by atoms with Crippen LogP contribution in [0.1, 0.15) is 47.1 Å². The van der Waals surface area contributed by atoms with Gasteiger partial charge in [-0.05, 0) is 31.2 Å². The SMILES string of the molecule is Cc1noc(C(C)C)c1C(=O)OCCOc1ccc(C#N)cc1. The first-order chi connectivity index (χ1) is 11.0. The predicted molar refractivity (Wildman–Crippen MR) is 82.3 cm³/mol. The quantitative estimate of drug-likeness (QED) is 0.601. The Balaban J connectivity index is 1.85. The van der Waals surface area contributed by atoms with Crippen molar-refractivity contribution in [3.8, 4) is 11.8 Å². The molecular weight excluding hydrogens is 296 g/mol. The number of hydrogen-bond acceptors (Lipinski definition) is 6. The van der Waals surface area contributed by atoms with Crippen molar-refractivity contribution < 1.29 is 18.8 Å². The minimum Gasteiger partial charge on any atom is -0.490 e. The van der Waals surface area contributed by atoms with Crippen LogP contribution < -0.4 is 4.74 Å². The number of benzene rings is 1. The largest absolute Gasteiger partial charge is 0.490 e. The Morgan fingerprint density at radius 3 is 2.61 bits per heavy atom. The van der Waals surface area contributed by atoms with Gasteiger partial charge in [-0.25, -0.2) is 4.79 Å². The molecule has 0 aliphatic carbocycles. The molecular formula is C17H18N2O4. The number of hydrogen-bond donors (Lipinski definition) is 0. The van der Waals surface area contributed by atoms with Crippen LogP contribution in [0.3, 0.4) is 0 Å². The number of nitriles is 1. The van der Waals surface area contributed by atoms with Crippen LogP contribution in [-0.4, -0.2) is 24.3 Å². The number of carbonyl (C=O) groups is 1. The van der Waals surface area contributed by atoms with Crippen molar-refractivity contribution in [2.75, 3.05) is 13.2 Å². The minimum absolute atomic E-state index is 0.0497. The van der Waals surface area contributed by atoms with Gasteiger partial charge in [-0.15, -0.1) is 0 Å². The van der Waals surface area contributed by atoms with Gasteiger partial charge in [0, 0.05) is 5.92 Å². The summed E-state index contributed by atoms with van der Waals surface area (Å²) in [4.78, 5) is 12.1. The summed E-state index contributed by atoms with van der Waals surface area (Å²) in [7, 11) is 0. The van der Waals surface area contributed by atoms with Crippen molar-refractivity contribution in [1.82, 2.24) is 5.16 Å². The van der Waals surface area contributed by atoms with Crippen molar-refractivity contribution in [2.24, 2.45) is 0 Å². The molecule has 0 aliphatic heterocycles. The Kier molecular flexibility index (Phi) is 5.36. The van der Waals surface area contributed by atoms with Crippen molar-refractivity contribution in [3.05, 3.63) is 46.8 Å². The van der Waals surface area contributed by atoms with E-state index in [2.05, 4.69) is 5.16 Å². The van der Waals surface area contributed by atoms with Gasteiger partial charge < -0.3 is 14.0 Å². The van der Waals surface area contributed by atoms with Gasteiger partial charge >= 0.3 is 5.97 Å². The Morgan fingerprint density at radius 1 is 1.30 bits per heavy atom. The third kappa shape index (κ3) is 4.10. The molecule has 1 aromatic heterocycles. The topological polar surface area (TPSA) is 85.3 Å². The molecule has 0 fully saturated rings. The Hall–Kier alpha value is -2.81. The van der Waals surface area contributed by atoms with Crippen LogP contribution in [0, 0.1) is 18.3 Å².